The number of hydrogen-bond acceptors (Lipinski definition) is 4. The maximum atomic E-state index is 12.4. The van der Waals surface area contributed by atoms with Crippen LogP contribution in [0, 0.1) is 0 Å². The van der Waals surface area contributed by atoms with E-state index in [1.165, 1.54) is 42.7 Å². The van der Waals surface area contributed by atoms with E-state index in [2.05, 4.69) is 22.0 Å². The molecule has 0 fully saturated rings. The van der Waals surface area contributed by atoms with Crippen molar-refractivity contribution >= 4 is 22.9 Å². The van der Waals surface area contributed by atoms with Crippen molar-refractivity contribution in [1.29, 1.82) is 0 Å². The summed E-state index contributed by atoms with van der Waals surface area (Å²) >= 11 is 0. The lowest BCUT2D eigenvalue weighted by Gasteiger charge is -2.37. The molecule has 4 nitrogen and oxygen atoms in total. The highest BCUT2D eigenvalue weighted by Crippen LogP contribution is 2.38. The highest BCUT2D eigenvalue weighted by atomic mass is 16.1. The quantitative estimate of drug-likeness (QED) is 0.785. The van der Waals surface area contributed by atoms with Crippen LogP contribution in [0.25, 0.3) is 0 Å². The number of rotatable bonds is 1. The first-order valence-corrected chi connectivity index (χ1v) is 9.38. The largest absolute Gasteiger partial charge is 0.371 e. The molecule has 0 amide bonds. The number of aromatic nitrogens is 1. The van der Waals surface area contributed by atoms with Crippen molar-refractivity contribution in [3.8, 4) is 0 Å². The summed E-state index contributed by atoms with van der Waals surface area (Å²) in [4.78, 5) is 24.1. The normalized spacial score (nSPS) is 19.9. The zero-order valence-corrected chi connectivity index (χ0v) is 15.0. The van der Waals surface area contributed by atoms with Gasteiger partial charge < -0.3 is 4.90 Å². The number of allylic oxidation sites excluding steroid dienone is 2. The Labute approximate surface area is 153 Å². The Balaban J connectivity index is 1.64. The van der Waals surface area contributed by atoms with Crippen LogP contribution in [-0.2, 0) is 12.8 Å². The maximum absolute atomic E-state index is 12.4. The average Bonchev–Trinajstić information content (AvgIpc) is 2.66. The number of nitrogens with zero attached hydrogens (tertiary/aromatic N) is 3. The number of anilines is 1. The van der Waals surface area contributed by atoms with E-state index in [4.69, 9.17) is 4.99 Å². The van der Waals surface area contributed by atoms with Crippen LogP contribution in [0.15, 0.2) is 47.1 Å². The van der Waals surface area contributed by atoms with Crippen LogP contribution in [0.5, 0.6) is 0 Å². The Kier molecular flexibility index (Phi) is 3.52. The van der Waals surface area contributed by atoms with Crippen molar-refractivity contribution in [3.05, 3.63) is 64.5 Å². The lowest BCUT2D eigenvalue weighted by molar-refractivity contribution is 0.102. The monoisotopic (exact) mass is 343 g/mol. The second kappa shape index (κ2) is 5.90. The average molecular weight is 343 g/mol. The second-order valence-corrected chi connectivity index (χ2v) is 7.36. The van der Waals surface area contributed by atoms with Gasteiger partial charge in [-0.3, -0.25) is 9.78 Å². The summed E-state index contributed by atoms with van der Waals surface area (Å²) in [6.07, 6.45) is 8.25. The standard InChI is InChI=1S/C22H21N3O/c1-14-11-19(18-7-2-8-23-20(18)22(14)26)24-17-12-15-5-3-9-25-10-4-6-16(13-17)21(15)25/h2,7-8,11-13H,3-6,9-10H2,1H3. The number of carbonyl (C=O) groups is 1. The molecular formula is C22H21N3O. The van der Waals surface area contributed by atoms with Crippen LogP contribution < -0.4 is 4.90 Å². The maximum Gasteiger partial charge on any atom is 0.207 e. The molecule has 130 valence electrons. The molecule has 1 aromatic carbocycles. The number of pyridine rings is 1. The van der Waals surface area contributed by atoms with Crippen LogP contribution in [-0.4, -0.2) is 29.6 Å². The van der Waals surface area contributed by atoms with E-state index in [1.807, 2.05) is 25.1 Å². The highest BCUT2D eigenvalue weighted by molar-refractivity contribution is 6.25. The topological polar surface area (TPSA) is 45.6 Å². The molecule has 0 unspecified atom stereocenters. The van der Waals surface area contributed by atoms with Gasteiger partial charge in [0.25, 0.3) is 0 Å². The van der Waals surface area contributed by atoms with Crippen LogP contribution in [0.3, 0.4) is 0 Å². The van der Waals surface area contributed by atoms with Gasteiger partial charge in [-0.1, -0.05) is 0 Å². The summed E-state index contributed by atoms with van der Waals surface area (Å²) in [6, 6.07) is 8.27. The molecule has 0 bridgehead atoms. The number of Topliss-reactive ketones (excluding diaryl/α,β-unsaturated/α-hetero) is 1. The molecule has 0 spiro atoms. The van der Waals surface area contributed by atoms with E-state index in [9.17, 15) is 4.79 Å². The van der Waals surface area contributed by atoms with E-state index in [0.717, 1.165) is 29.8 Å². The molecule has 1 aliphatic carbocycles. The van der Waals surface area contributed by atoms with Gasteiger partial charge in [0.15, 0.2) is 0 Å². The molecule has 4 heteroatoms. The molecule has 0 saturated heterocycles. The number of benzene rings is 1. The predicted octanol–water partition coefficient (Wildman–Crippen LogP) is 4.04. The molecule has 0 atom stereocenters. The highest BCUT2D eigenvalue weighted by Gasteiger charge is 2.25. The minimum atomic E-state index is -0.00396. The van der Waals surface area contributed by atoms with Crippen LogP contribution >= 0.6 is 0 Å². The molecule has 26 heavy (non-hydrogen) atoms. The van der Waals surface area contributed by atoms with Crippen molar-refractivity contribution < 1.29 is 4.79 Å². The fourth-order valence-electron chi connectivity index (χ4n) is 4.41. The number of carbonyl (C=O) groups excluding carboxylic acids is 1. The van der Waals surface area contributed by atoms with E-state index in [0.29, 0.717) is 11.3 Å². The summed E-state index contributed by atoms with van der Waals surface area (Å²) < 4.78 is 0. The van der Waals surface area contributed by atoms with E-state index in [1.54, 1.807) is 6.20 Å². The minimum absolute atomic E-state index is 0.00396. The van der Waals surface area contributed by atoms with Crippen molar-refractivity contribution in [2.45, 2.75) is 32.6 Å². The third-order valence-corrected chi connectivity index (χ3v) is 5.58. The molecule has 2 aromatic rings. The Morgan fingerprint density at radius 2 is 1.85 bits per heavy atom. The number of ketones is 1. The van der Waals surface area contributed by atoms with Crippen LogP contribution in [0.4, 0.5) is 11.4 Å². The molecule has 0 N–H and O–H groups in total. The van der Waals surface area contributed by atoms with Gasteiger partial charge in [0, 0.05) is 36.1 Å². The van der Waals surface area contributed by atoms with Gasteiger partial charge in [0.05, 0.1) is 11.4 Å². The van der Waals surface area contributed by atoms with Gasteiger partial charge in [-0.2, -0.15) is 0 Å². The van der Waals surface area contributed by atoms with Crippen molar-refractivity contribution in [1.82, 2.24) is 4.98 Å². The smallest absolute Gasteiger partial charge is 0.207 e. The summed E-state index contributed by atoms with van der Waals surface area (Å²) in [6.45, 7) is 4.19. The lowest BCUT2D eigenvalue weighted by Crippen LogP contribution is -2.34. The Morgan fingerprint density at radius 3 is 2.58 bits per heavy atom. The number of hydrogen-bond donors (Lipinski definition) is 0. The number of aliphatic imine (C=N–C) groups is 1. The molecule has 3 aliphatic rings. The third kappa shape index (κ3) is 2.40. The molecular weight excluding hydrogens is 322 g/mol. The third-order valence-electron chi connectivity index (χ3n) is 5.58. The zero-order chi connectivity index (χ0) is 17.7. The van der Waals surface area contributed by atoms with Crippen molar-refractivity contribution in [2.75, 3.05) is 18.0 Å². The summed E-state index contributed by atoms with van der Waals surface area (Å²) in [5.41, 5.74) is 8.16. The zero-order valence-electron chi connectivity index (χ0n) is 15.0. The SMILES string of the molecule is CC1=CC(=Nc2cc3c4c(c2)CCCN4CCC3)c2cccnc2C1=O. The predicted molar refractivity (Wildman–Crippen MR) is 104 cm³/mol. The van der Waals surface area contributed by atoms with E-state index in [-0.39, 0.29) is 5.78 Å². The van der Waals surface area contributed by atoms with Gasteiger partial charge in [-0.05, 0) is 74.1 Å². The molecule has 2 aliphatic heterocycles. The molecule has 3 heterocycles. The molecule has 0 radical (unpaired) electrons. The molecule has 1 aromatic heterocycles. The Morgan fingerprint density at radius 1 is 1.12 bits per heavy atom. The number of fused-ring (bicyclic) bond motifs is 1. The molecule has 5 rings (SSSR count). The van der Waals surface area contributed by atoms with Gasteiger partial charge in [0.1, 0.15) is 5.69 Å². The fourth-order valence-corrected chi connectivity index (χ4v) is 4.41. The van der Waals surface area contributed by atoms with Gasteiger partial charge in [0.2, 0.25) is 5.78 Å². The summed E-state index contributed by atoms with van der Waals surface area (Å²) in [5.74, 6) is -0.00396. The first kappa shape index (κ1) is 15.5. The van der Waals surface area contributed by atoms with E-state index < -0.39 is 0 Å². The van der Waals surface area contributed by atoms with Gasteiger partial charge in [-0.25, -0.2) is 4.99 Å². The van der Waals surface area contributed by atoms with Gasteiger partial charge >= 0.3 is 0 Å². The first-order chi connectivity index (χ1) is 12.7. The summed E-state index contributed by atoms with van der Waals surface area (Å²) in [7, 11) is 0. The fraction of sp³-hybridized carbons (Fsp3) is 0.318. The number of aryl methyl sites for hydroxylation is 2. The minimum Gasteiger partial charge on any atom is -0.371 e. The lowest BCUT2D eigenvalue weighted by atomic mass is 9.91. The van der Waals surface area contributed by atoms with Crippen LogP contribution in [0.1, 0.15) is 46.9 Å². The summed E-state index contributed by atoms with van der Waals surface area (Å²) in [5, 5.41) is 0. The second-order valence-electron chi connectivity index (χ2n) is 7.36. The van der Waals surface area contributed by atoms with E-state index >= 15 is 0 Å². The van der Waals surface area contributed by atoms with Crippen molar-refractivity contribution in [2.24, 2.45) is 4.99 Å². The Bertz CT molecular complexity index is 956. The van der Waals surface area contributed by atoms with Crippen molar-refractivity contribution in [3.63, 3.8) is 0 Å². The Hall–Kier alpha value is -2.75. The van der Waals surface area contributed by atoms with Gasteiger partial charge in [-0.15, -0.1) is 0 Å². The van der Waals surface area contributed by atoms with Crippen LogP contribution in [0.2, 0.25) is 0 Å². The molecule has 0 saturated carbocycles. The first-order valence-electron chi connectivity index (χ1n) is 9.38.